The van der Waals surface area contributed by atoms with Crippen molar-refractivity contribution in [2.75, 3.05) is 0 Å². The standard InChI is InChI=1S/C10H17NO/c1-10(7-9(12)11-10)8-5-3-2-4-6-8/h8H,2-7H2,1H3,(H,11,12). The summed E-state index contributed by atoms with van der Waals surface area (Å²) in [5.74, 6) is 0.993. The number of rotatable bonds is 1. The number of carbonyl (C=O) groups excluding carboxylic acids is 1. The highest BCUT2D eigenvalue weighted by Gasteiger charge is 2.44. The second kappa shape index (κ2) is 2.75. The quantitative estimate of drug-likeness (QED) is 0.593. The summed E-state index contributed by atoms with van der Waals surface area (Å²) in [6.07, 6.45) is 7.50. The van der Waals surface area contributed by atoms with Gasteiger partial charge in [0.1, 0.15) is 0 Å². The molecule has 1 saturated carbocycles. The average Bonchev–Trinajstić information content (AvgIpc) is 2.04. The molecule has 1 atom stereocenters. The third-order valence-corrected chi connectivity index (χ3v) is 3.46. The molecule has 1 aliphatic heterocycles. The Balaban J connectivity index is 1.94. The van der Waals surface area contributed by atoms with E-state index in [1.807, 2.05) is 0 Å². The summed E-state index contributed by atoms with van der Waals surface area (Å²) in [5.41, 5.74) is 0.164. The van der Waals surface area contributed by atoms with Crippen LogP contribution in [-0.2, 0) is 4.79 Å². The van der Waals surface area contributed by atoms with Crippen LogP contribution in [0.1, 0.15) is 45.4 Å². The lowest BCUT2D eigenvalue weighted by molar-refractivity contribution is -0.134. The molecule has 1 unspecified atom stereocenters. The Bertz CT molecular complexity index is 186. The molecule has 68 valence electrons. The van der Waals surface area contributed by atoms with Crippen LogP contribution in [0.15, 0.2) is 0 Å². The van der Waals surface area contributed by atoms with Crippen LogP contribution in [0.2, 0.25) is 0 Å². The summed E-state index contributed by atoms with van der Waals surface area (Å²) in [6, 6.07) is 0. The molecule has 1 amide bonds. The maximum atomic E-state index is 10.8. The molecular weight excluding hydrogens is 150 g/mol. The first-order chi connectivity index (χ1) is 5.71. The zero-order valence-electron chi connectivity index (χ0n) is 7.73. The lowest BCUT2D eigenvalue weighted by atomic mass is 9.70. The van der Waals surface area contributed by atoms with Crippen molar-refractivity contribution >= 4 is 5.91 Å². The van der Waals surface area contributed by atoms with Crippen LogP contribution in [0.25, 0.3) is 0 Å². The van der Waals surface area contributed by atoms with Gasteiger partial charge in [-0.15, -0.1) is 0 Å². The minimum atomic E-state index is 0.164. The van der Waals surface area contributed by atoms with Gasteiger partial charge in [0, 0.05) is 12.0 Å². The van der Waals surface area contributed by atoms with Gasteiger partial charge in [-0.1, -0.05) is 19.3 Å². The van der Waals surface area contributed by atoms with Gasteiger partial charge < -0.3 is 5.32 Å². The molecule has 1 heterocycles. The maximum absolute atomic E-state index is 10.8. The molecule has 0 aromatic carbocycles. The number of β-lactam (4-membered cyclic amide) rings is 1. The predicted molar refractivity (Wildman–Crippen MR) is 47.7 cm³/mol. The summed E-state index contributed by atoms with van der Waals surface area (Å²) >= 11 is 0. The Morgan fingerprint density at radius 3 is 2.42 bits per heavy atom. The van der Waals surface area contributed by atoms with Crippen LogP contribution in [0.4, 0.5) is 0 Å². The summed E-state index contributed by atoms with van der Waals surface area (Å²) in [4.78, 5) is 10.8. The van der Waals surface area contributed by atoms with Crippen molar-refractivity contribution in [3.05, 3.63) is 0 Å². The van der Waals surface area contributed by atoms with Crippen molar-refractivity contribution in [1.29, 1.82) is 0 Å². The average molecular weight is 167 g/mol. The van der Waals surface area contributed by atoms with Gasteiger partial charge in [0.15, 0.2) is 0 Å². The summed E-state index contributed by atoms with van der Waals surface area (Å²) in [5, 5.41) is 3.05. The van der Waals surface area contributed by atoms with Crippen LogP contribution >= 0.6 is 0 Å². The fraction of sp³-hybridized carbons (Fsp3) is 0.900. The van der Waals surface area contributed by atoms with Gasteiger partial charge >= 0.3 is 0 Å². The van der Waals surface area contributed by atoms with Crippen LogP contribution in [0, 0.1) is 5.92 Å². The molecule has 2 heteroatoms. The molecule has 0 bridgehead atoms. The van der Waals surface area contributed by atoms with Gasteiger partial charge in [-0.2, -0.15) is 0 Å². The summed E-state index contributed by atoms with van der Waals surface area (Å²) in [6.45, 7) is 2.20. The highest BCUT2D eigenvalue weighted by atomic mass is 16.2. The Kier molecular flexibility index (Phi) is 1.85. The van der Waals surface area contributed by atoms with Crippen molar-refractivity contribution in [3.8, 4) is 0 Å². The van der Waals surface area contributed by atoms with Gasteiger partial charge in [0.25, 0.3) is 0 Å². The third-order valence-electron chi connectivity index (χ3n) is 3.46. The minimum Gasteiger partial charge on any atom is -0.350 e. The van der Waals surface area contributed by atoms with E-state index in [0.717, 1.165) is 12.3 Å². The molecular formula is C10H17NO. The molecule has 0 aromatic rings. The van der Waals surface area contributed by atoms with Crippen molar-refractivity contribution in [2.45, 2.75) is 51.0 Å². The topological polar surface area (TPSA) is 29.1 Å². The lowest BCUT2D eigenvalue weighted by Crippen LogP contribution is -2.63. The number of amides is 1. The van der Waals surface area contributed by atoms with Gasteiger partial charge in [-0.05, 0) is 25.7 Å². The SMILES string of the molecule is CC1(C2CCCCC2)CC(=O)N1. The molecule has 0 spiro atoms. The van der Waals surface area contributed by atoms with Crippen molar-refractivity contribution in [1.82, 2.24) is 5.32 Å². The first-order valence-electron chi connectivity index (χ1n) is 5.02. The molecule has 12 heavy (non-hydrogen) atoms. The smallest absolute Gasteiger partial charge is 0.222 e. The highest BCUT2D eigenvalue weighted by molar-refractivity contribution is 5.84. The molecule has 2 fully saturated rings. The zero-order valence-corrected chi connectivity index (χ0v) is 7.73. The van der Waals surface area contributed by atoms with E-state index in [1.54, 1.807) is 0 Å². The molecule has 2 aliphatic rings. The van der Waals surface area contributed by atoms with E-state index in [2.05, 4.69) is 12.2 Å². The van der Waals surface area contributed by atoms with Gasteiger partial charge in [-0.3, -0.25) is 4.79 Å². The number of carbonyl (C=O) groups is 1. The van der Waals surface area contributed by atoms with E-state index in [9.17, 15) is 4.79 Å². The zero-order chi connectivity index (χ0) is 8.60. The maximum Gasteiger partial charge on any atom is 0.222 e. The Morgan fingerprint density at radius 2 is 1.92 bits per heavy atom. The van der Waals surface area contributed by atoms with E-state index in [-0.39, 0.29) is 11.4 Å². The van der Waals surface area contributed by atoms with E-state index in [0.29, 0.717) is 0 Å². The van der Waals surface area contributed by atoms with Crippen LogP contribution < -0.4 is 5.32 Å². The highest BCUT2D eigenvalue weighted by Crippen LogP contribution is 2.38. The van der Waals surface area contributed by atoms with Crippen LogP contribution in [-0.4, -0.2) is 11.4 Å². The molecule has 0 radical (unpaired) electrons. The molecule has 1 aliphatic carbocycles. The number of hydrogen-bond acceptors (Lipinski definition) is 1. The second-order valence-corrected chi connectivity index (χ2v) is 4.48. The van der Waals surface area contributed by atoms with E-state index in [1.165, 1.54) is 32.1 Å². The second-order valence-electron chi connectivity index (χ2n) is 4.48. The monoisotopic (exact) mass is 167 g/mol. The van der Waals surface area contributed by atoms with E-state index >= 15 is 0 Å². The summed E-state index contributed by atoms with van der Waals surface area (Å²) < 4.78 is 0. The van der Waals surface area contributed by atoms with Crippen molar-refractivity contribution in [2.24, 2.45) is 5.92 Å². The largest absolute Gasteiger partial charge is 0.350 e. The van der Waals surface area contributed by atoms with Crippen LogP contribution in [0.3, 0.4) is 0 Å². The van der Waals surface area contributed by atoms with E-state index in [4.69, 9.17) is 0 Å². The number of nitrogens with one attached hydrogen (secondary N) is 1. The minimum absolute atomic E-state index is 0.164. The van der Waals surface area contributed by atoms with Gasteiger partial charge in [-0.25, -0.2) is 0 Å². The Hall–Kier alpha value is -0.530. The van der Waals surface area contributed by atoms with Crippen molar-refractivity contribution in [3.63, 3.8) is 0 Å². The number of hydrogen-bond donors (Lipinski definition) is 1. The molecule has 2 nitrogen and oxygen atoms in total. The van der Waals surface area contributed by atoms with Crippen molar-refractivity contribution < 1.29 is 4.79 Å². The predicted octanol–water partition coefficient (Wildman–Crippen LogP) is 1.85. The molecule has 1 N–H and O–H groups in total. The fourth-order valence-corrected chi connectivity index (χ4v) is 2.62. The molecule has 2 rings (SSSR count). The third kappa shape index (κ3) is 1.23. The lowest BCUT2D eigenvalue weighted by Gasteiger charge is -2.46. The Labute approximate surface area is 73.7 Å². The fourth-order valence-electron chi connectivity index (χ4n) is 2.62. The molecule has 0 aromatic heterocycles. The van der Waals surface area contributed by atoms with E-state index < -0.39 is 0 Å². The molecule has 1 saturated heterocycles. The normalized spacial score (nSPS) is 37.2. The Morgan fingerprint density at radius 1 is 1.33 bits per heavy atom. The van der Waals surface area contributed by atoms with Crippen LogP contribution in [0.5, 0.6) is 0 Å². The van der Waals surface area contributed by atoms with Gasteiger partial charge in [0.05, 0.1) is 0 Å². The first-order valence-corrected chi connectivity index (χ1v) is 5.02. The van der Waals surface area contributed by atoms with Gasteiger partial charge in [0.2, 0.25) is 5.91 Å². The first kappa shape index (κ1) is 8.09. The summed E-state index contributed by atoms with van der Waals surface area (Å²) in [7, 11) is 0.